The molecule has 2 aliphatic heterocycles. The Morgan fingerprint density at radius 2 is 1.84 bits per heavy atom. The van der Waals surface area contributed by atoms with Gasteiger partial charge in [0.1, 0.15) is 12.4 Å². The van der Waals surface area contributed by atoms with E-state index in [4.69, 9.17) is 4.74 Å². The van der Waals surface area contributed by atoms with Crippen molar-refractivity contribution in [1.29, 1.82) is 0 Å². The van der Waals surface area contributed by atoms with Crippen molar-refractivity contribution >= 4 is 27.0 Å². The molecular formula is C23H26N4O4S. The number of hydrogen-bond acceptors (Lipinski definition) is 5. The quantitative estimate of drug-likeness (QED) is 0.484. The van der Waals surface area contributed by atoms with Crippen LogP contribution in [0.4, 0.5) is 0 Å². The maximum Gasteiger partial charge on any atom is 0.301 e. The van der Waals surface area contributed by atoms with Gasteiger partial charge in [0, 0.05) is 35.1 Å². The Hall–Kier alpha value is -2.88. The molecule has 4 bridgehead atoms. The van der Waals surface area contributed by atoms with Crippen LogP contribution in [0, 0.1) is 0 Å². The van der Waals surface area contributed by atoms with Gasteiger partial charge >= 0.3 is 10.2 Å². The molecule has 3 heterocycles. The lowest BCUT2D eigenvalue weighted by atomic mass is 10.1. The maximum absolute atomic E-state index is 12.7. The standard InChI is InChI=1S/C23H26N4O4S/c28-23-17-9-8-16-12-21-19-6-2-3-7-22(19)31-15-18(14-27(21)20(16)13-17)24-10-4-1-5-11-25-32(29,30)26-23/h2-3,6-9,12-13,18,24-25H,1,4-5,10-11,14-15H2,(H,26,28). The van der Waals surface area contributed by atoms with Crippen molar-refractivity contribution in [2.24, 2.45) is 0 Å². The van der Waals surface area contributed by atoms with E-state index in [9.17, 15) is 13.2 Å². The lowest BCUT2D eigenvalue weighted by molar-refractivity contribution is 0.0981. The lowest BCUT2D eigenvalue weighted by Crippen LogP contribution is -2.41. The molecule has 0 saturated heterocycles. The fourth-order valence-corrected chi connectivity index (χ4v) is 5.21. The minimum Gasteiger partial charge on any atom is -0.491 e. The first-order chi connectivity index (χ1) is 15.5. The first-order valence-electron chi connectivity index (χ1n) is 10.9. The summed E-state index contributed by atoms with van der Waals surface area (Å²) in [5.41, 5.74) is 3.19. The number of nitrogens with zero attached hydrogens (tertiary/aromatic N) is 1. The predicted octanol–water partition coefficient (Wildman–Crippen LogP) is 2.41. The summed E-state index contributed by atoms with van der Waals surface area (Å²) in [6.45, 7) is 2.32. The fourth-order valence-electron chi connectivity index (χ4n) is 4.36. The number of carbonyl (C=O) groups is 1. The highest BCUT2D eigenvalue weighted by Crippen LogP contribution is 2.36. The third kappa shape index (κ3) is 4.23. The van der Waals surface area contributed by atoms with Crippen LogP contribution in [0.5, 0.6) is 5.75 Å². The van der Waals surface area contributed by atoms with Crippen molar-refractivity contribution < 1.29 is 17.9 Å². The number of hydrogen-bond donors (Lipinski definition) is 3. The number of aromatic nitrogens is 1. The predicted molar refractivity (Wildman–Crippen MR) is 123 cm³/mol. The van der Waals surface area contributed by atoms with Gasteiger partial charge in [0.2, 0.25) is 0 Å². The Balaban J connectivity index is 1.63. The summed E-state index contributed by atoms with van der Waals surface area (Å²) in [7, 11) is -3.90. The van der Waals surface area contributed by atoms with E-state index in [-0.39, 0.29) is 12.6 Å². The number of rotatable bonds is 0. The van der Waals surface area contributed by atoms with E-state index in [1.165, 1.54) is 0 Å². The molecule has 0 saturated carbocycles. The van der Waals surface area contributed by atoms with Crippen LogP contribution in [0.2, 0.25) is 0 Å². The second kappa shape index (κ2) is 8.57. The van der Waals surface area contributed by atoms with Crippen molar-refractivity contribution in [2.75, 3.05) is 19.7 Å². The molecule has 3 N–H and O–H groups in total. The number of carbonyl (C=O) groups excluding carboxylic acids is 1. The number of benzene rings is 2. The van der Waals surface area contributed by atoms with Gasteiger partial charge in [-0.25, -0.2) is 4.72 Å². The molecule has 1 atom stereocenters. The minimum absolute atomic E-state index is 0.0987. The summed E-state index contributed by atoms with van der Waals surface area (Å²) in [4.78, 5) is 12.7. The smallest absolute Gasteiger partial charge is 0.301 e. The molecule has 2 aliphatic rings. The van der Waals surface area contributed by atoms with Crippen LogP contribution in [0.25, 0.3) is 22.2 Å². The van der Waals surface area contributed by atoms with Gasteiger partial charge in [-0.3, -0.25) is 4.79 Å². The van der Waals surface area contributed by atoms with Crippen LogP contribution in [-0.4, -0.2) is 44.6 Å². The highest BCUT2D eigenvalue weighted by Gasteiger charge is 2.23. The van der Waals surface area contributed by atoms with Crippen molar-refractivity contribution in [3.8, 4) is 17.0 Å². The average molecular weight is 455 g/mol. The fraction of sp³-hybridized carbons (Fsp3) is 0.348. The lowest BCUT2D eigenvalue weighted by Gasteiger charge is -2.26. The second-order valence-electron chi connectivity index (χ2n) is 8.26. The molecule has 0 spiro atoms. The zero-order valence-electron chi connectivity index (χ0n) is 17.6. The molecular weight excluding hydrogens is 428 g/mol. The Morgan fingerprint density at radius 3 is 2.75 bits per heavy atom. The third-order valence-electron chi connectivity index (χ3n) is 5.98. The summed E-state index contributed by atoms with van der Waals surface area (Å²) in [5.74, 6) is 0.180. The molecule has 9 heteroatoms. The molecule has 1 aromatic heterocycles. The molecule has 1 unspecified atom stereocenters. The third-order valence-corrected chi connectivity index (χ3v) is 7.02. The molecule has 168 valence electrons. The monoisotopic (exact) mass is 454 g/mol. The molecule has 0 fully saturated rings. The summed E-state index contributed by atoms with van der Waals surface area (Å²) >= 11 is 0. The van der Waals surface area contributed by atoms with Crippen LogP contribution < -0.4 is 19.5 Å². The highest BCUT2D eigenvalue weighted by molar-refractivity contribution is 7.88. The topological polar surface area (TPSA) is 101 Å². The largest absolute Gasteiger partial charge is 0.491 e. The van der Waals surface area contributed by atoms with Crippen LogP contribution >= 0.6 is 0 Å². The molecule has 3 aromatic rings. The molecule has 1 amide bonds. The van der Waals surface area contributed by atoms with Gasteiger partial charge in [0.05, 0.1) is 11.7 Å². The van der Waals surface area contributed by atoms with Crippen LogP contribution in [0.1, 0.15) is 29.6 Å². The van der Waals surface area contributed by atoms with Gasteiger partial charge < -0.3 is 14.6 Å². The number of nitrogens with one attached hydrogen (secondary N) is 3. The number of para-hydroxylation sites is 1. The van der Waals surface area contributed by atoms with E-state index in [1.807, 2.05) is 30.3 Å². The number of fused-ring (bicyclic) bond motifs is 4. The summed E-state index contributed by atoms with van der Waals surface area (Å²) in [6.07, 6.45) is 2.49. The maximum atomic E-state index is 12.7. The summed E-state index contributed by atoms with van der Waals surface area (Å²) < 4.78 is 37.4. The van der Waals surface area contributed by atoms with Crippen molar-refractivity contribution in [3.63, 3.8) is 0 Å². The minimum atomic E-state index is -3.90. The SMILES string of the molecule is O=C1NS(=O)(=O)NCCCCCNC2COc3ccccc3-c3cc4ccc1cc4n3C2. The summed E-state index contributed by atoms with van der Waals surface area (Å²) in [5, 5.41) is 4.58. The van der Waals surface area contributed by atoms with Crippen molar-refractivity contribution in [1.82, 2.24) is 19.3 Å². The summed E-state index contributed by atoms with van der Waals surface area (Å²) in [6, 6.07) is 15.4. The Bertz CT molecular complexity index is 1270. The van der Waals surface area contributed by atoms with Gasteiger partial charge in [-0.2, -0.15) is 13.1 Å². The number of amides is 1. The van der Waals surface area contributed by atoms with E-state index in [0.29, 0.717) is 25.1 Å². The van der Waals surface area contributed by atoms with Gasteiger partial charge in [-0.15, -0.1) is 0 Å². The molecule has 5 rings (SSSR count). The normalized spacial score (nSPS) is 21.4. The Labute approximate surface area is 187 Å². The van der Waals surface area contributed by atoms with Gasteiger partial charge in [0.25, 0.3) is 5.91 Å². The van der Waals surface area contributed by atoms with Gasteiger partial charge in [0.15, 0.2) is 0 Å². The first kappa shape index (κ1) is 21.0. The molecule has 0 radical (unpaired) electrons. The molecule has 2 aromatic carbocycles. The van der Waals surface area contributed by atoms with E-state index < -0.39 is 16.1 Å². The van der Waals surface area contributed by atoms with Crippen molar-refractivity contribution in [2.45, 2.75) is 31.8 Å². The Kier molecular flexibility index (Phi) is 5.62. The van der Waals surface area contributed by atoms with E-state index in [2.05, 4.69) is 25.4 Å². The molecule has 8 nitrogen and oxygen atoms in total. The van der Waals surface area contributed by atoms with Crippen LogP contribution in [-0.2, 0) is 16.8 Å². The molecule has 32 heavy (non-hydrogen) atoms. The van der Waals surface area contributed by atoms with E-state index >= 15 is 0 Å². The van der Waals surface area contributed by atoms with E-state index in [0.717, 1.165) is 47.3 Å². The van der Waals surface area contributed by atoms with Gasteiger partial charge in [-0.1, -0.05) is 24.6 Å². The number of ether oxygens (including phenoxy) is 1. The van der Waals surface area contributed by atoms with Gasteiger partial charge in [-0.05, 0) is 49.7 Å². The average Bonchev–Trinajstić information content (AvgIpc) is 3.11. The zero-order valence-corrected chi connectivity index (χ0v) is 18.5. The van der Waals surface area contributed by atoms with Crippen LogP contribution in [0.3, 0.4) is 0 Å². The zero-order chi connectivity index (χ0) is 22.1. The van der Waals surface area contributed by atoms with Crippen LogP contribution in [0.15, 0.2) is 48.5 Å². The second-order valence-corrected chi connectivity index (χ2v) is 9.76. The highest BCUT2D eigenvalue weighted by atomic mass is 32.2. The van der Waals surface area contributed by atoms with E-state index in [1.54, 1.807) is 12.1 Å². The van der Waals surface area contributed by atoms with Crippen molar-refractivity contribution in [3.05, 3.63) is 54.1 Å². The Morgan fingerprint density at radius 1 is 1.00 bits per heavy atom. The first-order valence-corrected chi connectivity index (χ1v) is 12.4. The molecule has 0 aliphatic carbocycles.